The van der Waals surface area contributed by atoms with Gasteiger partial charge in [-0.2, -0.15) is 4.98 Å². The number of methoxy groups -OCH3 is 1. The summed E-state index contributed by atoms with van der Waals surface area (Å²) < 4.78 is 18.3. The first kappa shape index (κ1) is 17.3. The van der Waals surface area contributed by atoms with Gasteiger partial charge < -0.3 is 15.4 Å². The van der Waals surface area contributed by atoms with Gasteiger partial charge in [0.2, 0.25) is 5.95 Å². The molecule has 25 heavy (non-hydrogen) atoms. The molecule has 1 heterocycles. The second kappa shape index (κ2) is 7.55. The monoisotopic (exact) mass is 378 g/mol. The van der Waals surface area contributed by atoms with Crippen molar-refractivity contribution in [2.75, 3.05) is 17.7 Å². The standard InChI is InChI=1S/C17H13Cl2FN4O/c1-25-15-5-3-11(9-13(15)19)23-17-21-7-6-16(24-17)22-10-2-4-14(20)12(18)8-10/h2-9H,1H3,(H2,21,22,23,24). The lowest BCUT2D eigenvalue weighted by Gasteiger charge is -2.10. The Kier molecular flexibility index (Phi) is 5.21. The normalized spacial score (nSPS) is 10.4. The van der Waals surface area contributed by atoms with Crippen molar-refractivity contribution in [1.82, 2.24) is 9.97 Å². The van der Waals surface area contributed by atoms with Crippen LogP contribution in [0.4, 0.5) is 27.5 Å². The summed E-state index contributed by atoms with van der Waals surface area (Å²) >= 11 is 11.9. The summed E-state index contributed by atoms with van der Waals surface area (Å²) in [6.07, 6.45) is 1.59. The van der Waals surface area contributed by atoms with E-state index in [1.165, 1.54) is 12.1 Å². The van der Waals surface area contributed by atoms with E-state index in [0.29, 0.717) is 33.9 Å². The molecular formula is C17H13Cl2FN4O. The summed E-state index contributed by atoms with van der Waals surface area (Å²) in [7, 11) is 1.55. The number of rotatable bonds is 5. The third-order valence-corrected chi connectivity index (χ3v) is 3.84. The van der Waals surface area contributed by atoms with Crippen LogP contribution in [0.5, 0.6) is 5.75 Å². The minimum atomic E-state index is -0.478. The van der Waals surface area contributed by atoms with Crippen molar-refractivity contribution >= 4 is 46.3 Å². The topological polar surface area (TPSA) is 59.1 Å². The lowest BCUT2D eigenvalue weighted by atomic mass is 10.3. The molecule has 3 rings (SSSR count). The molecule has 5 nitrogen and oxygen atoms in total. The molecule has 0 spiro atoms. The third kappa shape index (κ3) is 4.29. The number of hydrogen-bond acceptors (Lipinski definition) is 5. The van der Waals surface area contributed by atoms with Gasteiger partial charge in [0.05, 0.1) is 17.2 Å². The highest BCUT2D eigenvalue weighted by Gasteiger charge is 2.06. The molecule has 0 aliphatic carbocycles. The van der Waals surface area contributed by atoms with Gasteiger partial charge >= 0.3 is 0 Å². The van der Waals surface area contributed by atoms with E-state index < -0.39 is 5.82 Å². The van der Waals surface area contributed by atoms with Crippen LogP contribution >= 0.6 is 23.2 Å². The molecule has 0 atom stereocenters. The quantitative estimate of drug-likeness (QED) is 0.620. The van der Waals surface area contributed by atoms with E-state index >= 15 is 0 Å². The van der Waals surface area contributed by atoms with Gasteiger partial charge in [0, 0.05) is 17.6 Å². The predicted octanol–water partition coefficient (Wildman–Crippen LogP) is 5.42. The van der Waals surface area contributed by atoms with E-state index in [0.717, 1.165) is 0 Å². The van der Waals surface area contributed by atoms with Crippen LogP contribution in [0.3, 0.4) is 0 Å². The molecule has 0 aliphatic heterocycles. The maximum Gasteiger partial charge on any atom is 0.229 e. The van der Waals surface area contributed by atoms with E-state index in [-0.39, 0.29) is 5.02 Å². The largest absolute Gasteiger partial charge is 0.495 e. The van der Waals surface area contributed by atoms with Crippen LogP contribution in [-0.4, -0.2) is 17.1 Å². The van der Waals surface area contributed by atoms with Gasteiger partial charge in [-0.1, -0.05) is 23.2 Å². The van der Waals surface area contributed by atoms with Gasteiger partial charge in [-0.15, -0.1) is 0 Å². The fourth-order valence-electron chi connectivity index (χ4n) is 2.08. The highest BCUT2D eigenvalue weighted by Crippen LogP contribution is 2.28. The minimum absolute atomic E-state index is 0.0327. The summed E-state index contributed by atoms with van der Waals surface area (Å²) in [4.78, 5) is 8.50. The summed E-state index contributed by atoms with van der Waals surface area (Å²) in [5.74, 6) is 1.00. The van der Waals surface area contributed by atoms with Crippen LogP contribution in [0.2, 0.25) is 10.0 Å². The van der Waals surface area contributed by atoms with Crippen molar-refractivity contribution in [3.05, 3.63) is 64.5 Å². The maximum atomic E-state index is 13.2. The Morgan fingerprint density at radius 1 is 0.960 bits per heavy atom. The smallest absolute Gasteiger partial charge is 0.229 e. The zero-order valence-corrected chi connectivity index (χ0v) is 14.6. The second-order valence-corrected chi connectivity index (χ2v) is 5.81. The molecule has 0 unspecified atom stereocenters. The first-order valence-corrected chi connectivity index (χ1v) is 7.96. The Bertz CT molecular complexity index is 908. The summed E-state index contributed by atoms with van der Waals surface area (Å²) in [6, 6.07) is 11.3. The fourth-order valence-corrected chi connectivity index (χ4v) is 2.52. The third-order valence-electron chi connectivity index (χ3n) is 3.26. The van der Waals surface area contributed by atoms with Gasteiger partial charge in [0.25, 0.3) is 0 Å². The average Bonchev–Trinajstić information content (AvgIpc) is 2.59. The van der Waals surface area contributed by atoms with Gasteiger partial charge in [-0.25, -0.2) is 9.37 Å². The van der Waals surface area contributed by atoms with Crippen LogP contribution in [0.15, 0.2) is 48.7 Å². The van der Waals surface area contributed by atoms with Crippen LogP contribution in [0.1, 0.15) is 0 Å². The Morgan fingerprint density at radius 2 is 1.68 bits per heavy atom. The minimum Gasteiger partial charge on any atom is -0.495 e. The average molecular weight is 379 g/mol. The first-order valence-electron chi connectivity index (χ1n) is 7.21. The highest BCUT2D eigenvalue weighted by atomic mass is 35.5. The Balaban J connectivity index is 1.77. The van der Waals surface area contributed by atoms with Crippen molar-refractivity contribution in [3.8, 4) is 5.75 Å². The number of hydrogen-bond donors (Lipinski definition) is 2. The van der Waals surface area contributed by atoms with E-state index in [2.05, 4.69) is 20.6 Å². The molecule has 0 bridgehead atoms. The molecule has 0 radical (unpaired) electrons. The van der Waals surface area contributed by atoms with E-state index in [1.807, 2.05) is 0 Å². The molecule has 0 fully saturated rings. The van der Waals surface area contributed by atoms with Gasteiger partial charge in [-0.3, -0.25) is 0 Å². The molecule has 8 heteroatoms. The molecule has 2 aromatic carbocycles. The van der Waals surface area contributed by atoms with Gasteiger partial charge in [0.1, 0.15) is 17.4 Å². The first-order chi connectivity index (χ1) is 12.0. The van der Waals surface area contributed by atoms with Crippen LogP contribution in [0, 0.1) is 5.82 Å². The van der Waals surface area contributed by atoms with Crippen molar-refractivity contribution in [2.24, 2.45) is 0 Å². The Labute approximate surface area is 153 Å². The fraction of sp³-hybridized carbons (Fsp3) is 0.0588. The number of aromatic nitrogens is 2. The van der Waals surface area contributed by atoms with Crippen molar-refractivity contribution in [3.63, 3.8) is 0 Å². The van der Waals surface area contributed by atoms with Crippen molar-refractivity contribution < 1.29 is 9.13 Å². The van der Waals surface area contributed by atoms with Gasteiger partial charge in [-0.05, 0) is 42.5 Å². The molecule has 1 aromatic heterocycles. The van der Waals surface area contributed by atoms with E-state index in [1.54, 1.807) is 43.6 Å². The Morgan fingerprint density at radius 3 is 2.40 bits per heavy atom. The van der Waals surface area contributed by atoms with E-state index in [9.17, 15) is 4.39 Å². The molecule has 0 saturated heterocycles. The number of nitrogens with zero attached hydrogens (tertiary/aromatic N) is 2. The Hall–Kier alpha value is -2.57. The van der Waals surface area contributed by atoms with Crippen LogP contribution in [0.25, 0.3) is 0 Å². The molecular weight excluding hydrogens is 366 g/mol. The molecule has 0 saturated carbocycles. The molecule has 3 aromatic rings. The van der Waals surface area contributed by atoms with Crippen molar-refractivity contribution in [2.45, 2.75) is 0 Å². The maximum absolute atomic E-state index is 13.2. The summed E-state index contributed by atoms with van der Waals surface area (Å²) in [6.45, 7) is 0. The number of benzene rings is 2. The molecule has 128 valence electrons. The van der Waals surface area contributed by atoms with Crippen molar-refractivity contribution in [1.29, 1.82) is 0 Å². The summed E-state index contributed by atoms with van der Waals surface area (Å²) in [5, 5.41) is 6.60. The van der Waals surface area contributed by atoms with Crippen LogP contribution < -0.4 is 15.4 Å². The number of nitrogens with one attached hydrogen (secondary N) is 2. The number of anilines is 4. The lowest BCUT2D eigenvalue weighted by molar-refractivity contribution is 0.415. The predicted molar refractivity (Wildman–Crippen MR) is 98.0 cm³/mol. The molecule has 0 aliphatic rings. The summed E-state index contributed by atoms with van der Waals surface area (Å²) in [5.41, 5.74) is 1.33. The second-order valence-electron chi connectivity index (χ2n) is 4.99. The number of halogens is 3. The van der Waals surface area contributed by atoms with Crippen LogP contribution in [-0.2, 0) is 0 Å². The zero-order chi connectivity index (χ0) is 17.8. The molecule has 2 N–H and O–H groups in total. The molecule has 0 amide bonds. The SMILES string of the molecule is COc1ccc(Nc2nccc(Nc3ccc(F)c(Cl)c3)n2)cc1Cl. The lowest BCUT2D eigenvalue weighted by Crippen LogP contribution is -2.00. The zero-order valence-electron chi connectivity index (χ0n) is 13.1. The highest BCUT2D eigenvalue weighted by molar-refractivity contribution is 6.32. The van der Waals surface area contributed by atoms with Gasteiger partial charge in [0.15, 0.2) is 0 Å². The van der Waals surface area contributed by atoms with E-state index in [4.69, 9.17) is 27.9 Å². The number of ether oxygens (including phenoxy) is 1.